The van der Waals surface area contributed by atoms with Crippen molar-refractivity contribution >= 4 is 46.3 Å². The van der Waals surface area contributed by atoms with Crippen molar-refractivity contribution in [3.63, 3.8) is 0 Å². The first kappa shape index (κ1) is 19.1. The van der Waals surface area contributed by atoms with Crippen LogP contribution in [-0.4, -0.2) is 24.3 Å². The molecule has 0 unspecified atom stereocenters. The number of carbonyl (C=O) groups excluding carboxylic acids is 3. The van der Waals surface area contributed by atoms with Gasteiger partial charge < -0.3 is 10.1 Å². The van der Waals surface area contributed by atoms with Gasteiger partial charge in [0.1, 0.15) is 5.82 Å². The molecule has 0 fully saturated rings. The number of Topliss-reactive ketones (excluding diaryl/α,β-unsaturated/α-hetero) is 1. The van der Waals surface area contributed by atoms with Crippen LogP contribution < -0.4 is 5.32 Å². The summed E-state index contributed by atoms with van der Waals surface area (Å²) in [6.45, 7) is 1.10. The highest BCUT2D eigenvalue weighted by Gasteiger charge is 2.13. The number of hydrogen-bond donors (Lipinski definition) is 1. The highest BCUT2D eigenvalue weighted by molar-refractivity contribution is 7.18. The average Bonchev–Trinajstić information content (AvgIpc) is 3.00. The van der Waals surface area contributed by atoms with Crippen LogP contribution >= 0.6 is 22.9 Å². The van der Waals surface area contributed by atoms with Crippen molar-refractivity contribution in [2.45, 2.75) is 19.8 Å². The molecule has 0 radical (unpaired) electrons. The predicted octanol–water partition coefficient (Wildman–Crippen LogP) is 3.99. The van der Waals surface area contributed by atoms with Gasteiger partial charge in [-0.1, -0.05) is 17.7 Å². The van der Waals surface area contributed by atoms with Crippen LogP contribution in [0.4, 0.5) is 10.1 Å². The van der Waals surface area contributed by atoms with Gasteiger partial charge in [-0.25, -0.2) is 4.39 Å². The van der Waals surface area contributed by atoms with Crippen LogP contribution in [0, 0.1) is 12.7 Å². The molecule has 25 heavy (non-hydrogen) atoms. The Kier molecular flexibility index (Phi) is 6.66. The lowest BCUT2D eigenvalue weighted by Crippen LogP contribution is -2.21. The Morgan fingerprint density at radius 2 is 1.96 bits per heavy atom. The van der Waals surface area contributed by atoms with Gasteiger partial charge in [0, 0.05) is 12.1 Å². The van der Waals surface area contributed by atoms with E-state index in [-0.39, 0.29) is 24.3 Å². The minimum Gasteiger partial charge on any atom is -0.456 e. The fourth-order valence-corrected chi connectivity index (χ4v) is 2.90. The summed E-state index contributed by atoms with van der Waals surface area (Å²) < 4.78 is 18.7. The van der Waals surface area contributed by atoms with E-state index in [0.29, 0.717) is 14.8 Å². The van der Waals surface area contributed by atoms with Crippen molar-refractivity contribution in [1.82, 2.24) is 0 Å². The molecule has 8 heteroatoms. The number of hydrogen-bond acceptors (Lipinski definition) is 5. The lowest BCUT2D eigenvalue weighted by molar-refractivity contribution is -0.147. The molecule has 1 N–H and O–H groups in total. The summed E-state index contributed by atoms with van der Waals surface area (Å²) in [7, 11) is 0. The Morgan fingerprint density at radius 3 is 2.60 bits per heavy atom. The number of carbonyl (C=O) groups is 3. The quantitative estimate of drug-likeness (QED) is 0.579. The van der Waals surface area contributed by atoms with E-state index in [1.165, 1.54) is 12.1 Å². The summed E-state index contributed by atoms with van der Waals surface area (Å²) in [5.41, 5.74) is 0.732. The van der Waals surface area contributed by atoms with Crippen molar-refractivity contribution in [3.8, 4) is 0 Å². The molecule has 1 amide bonds. The lowest BCUT2D eigenvalue weighted by atomic mass is 10.2. The van der Waals surface area contributed by atoms with Crippen molar-refractivity contribution in [2.24, 2.45) is 0 Å². The van der Waals surface area contributed by atoms with Crippen LogP contribution in [0.3, 0.4) is 0 Å². The van der Waals surface area contributed by atoms with Crippen molar-refractivity contribution in [1.29, 1.82) is 0 Å². The summed E-state index contributed by atoms with van der Waals surface area (Å²) in [5, 5.41) is 2.42. The normalized spacial score (nSPS) is 10.4. The summed E-state index contributed by atoms with van der Waals surface area (Å²) in [6.07, 6.45) is -0.165. The Morgan fingerprint density at radius 1 is 1.20 bits per heavy atom. The zero-order valence-corrected chi connectivity index (χ0v) is 14.9. The van der Waals surface area contributed by atoms with E-state index < -0.39 is 24.3 Å². The predicted molar refractivity (Wildman–Crippen MR) is 93.6 cm³/mol. The van der Waals surface area contributed by atoms with Gasteiger partial charge in [0.05, 0.1) is 15.6 Å². The molecular formula is C17H15ClFNO4S. The van der Waals surface area contributed by atoms with Gasteiger partial charge in [-0.05, 0) is 36.8 Å². The summed E-state index contributed by atoms with van der Waals surface area (Å²) in [6, 6.07) is 7.45. The minimum atomic E-state index is -0.666. The molecule has 2 aromatic rings. The number of thiophene rings is 1. The van der Waals surface area contributed by atoms with Crippen LogP contribution in [0.1, 0.15) is 28.1 Å². The zero-order valence-electron chi connectivity index (χ0n) is 13.3. The highest BCUT2D eigenvalue weighted by Crippen LogP contribution is 2.23. The fraction of sp³-hybridized carbons (Fsp3) is 0.235. The van der Waals surface area contributed by atoms with Gasteiger partial charge in [0.15, 0.2) is 12.4 Å². The molecule has 1 aromatic carbocycles. The van der Waals surface area contributed by atoms with E-state index in [2.05, 4.69) is 5.32 Å². The third kappa shape index (κ3) is 5.95. The number of anilines is 1. The molecule has 0 aliphatic carbocycles. The summed E-state index contributed by atoms with van der Waals surface area (Å²) >= 11 is 6.88. The number of esters is 1. The van der Waals surface area contributed by atoms with Gasteiger partial charge in [0.25, 0.3) is 5.91 Å². The number of amides is 1. The third-order valence-corrected chi connectivity index (χ3v) is 4.50. The Labute approximate surface area is 152 Å². The first-order chi connectivity index (χ1) is 11.8. The molecule has 0 saturated carbocycles. The van der Waals surface area contributed by atoms with E-state index in [9.17, 15) is 18.8 Å². The molecule has 0 aliphatic heterocycles. The second kappa shape index (κ2) is 8.73. The molecule has 5 nitrogen and oxygen atoms in total. The molecule has 0 saturated heterocycles. The lowest BCUT2D eigenvalue weighted by Gasteiger charge is -2.07. The molecule has 0 spiro atoms. The smallest absolute Gasteiger partial charge is 0.306 e. The molecule has 0 atom stereocenters. The Balaban J connectivity index is 1.72. The summed E-state index contributed by atoms with van der Waals surface area (Å²) in [5.74, 6) is -1.91. The maximum atomic E-state index is 13.4. The van der Waals surface area contributed by atoms with Crippen molar-refractivity contribution < 1.29 is 23.5 Å². The number of aryl methyl sites for hydroxylation is 1. The van der Waals surface area contributed by atoms with Crippen LogP contribution in [0.15, 0.2) is 30.3 Å². The number of benzene rings is 1. The number of halogens is 2. The molecule has 2 rings (SSSR count). The monoisotopic (exact) mass is 383 g/mol. The van der Waals surface area contributed by atoms with E-state index >= 15 is 0 Å². The van der Waals surface area contributed by atoms with Crippen molar-refractivity contribution in [3.05, 3.63) is 50.9 Å². The van der Waals surface area contributed by atoms with E-state index in [0.717, 1.165) is 11.3 Å². The molecule has 0 bridgehead atoms. The van der Waals surface area contributed by atoms with Gasteiger partial charge in [-0.3, -0.25) is 14.4 Å². The molecule has 1 aromatic heterocycles. The van der Waals surface area contributed by atoms with E-state index in [1.54, 1.807) is 25.1 Å². The Bertz CT molecular complexity index is 806. The Hall–Kier alpha value is -2.25. The molecular weight excluding hydrogens is 369 g/mol. The van der Waals surface area contributed by atoms with Crippen LogP contribution in [0.5, 0.6) is 0 Å². The highest BCUT2D eigenvalue weighted by atomic mass is 35.5. The zero-order chi connectivity index (χ0) is 18.4. The first-order valence-electron chi connectivity index (χ1n) is 7.35. The van der Waals surface area contributed by atoms with Gasteiger partial charge >= 0.3 is 5.97 Å². The topological polar surface area (TPSA) is 72.5 Å². The van der Waals surface area contributed by atoms with Crippen LogP contribution in [-0.2, 0) is 14.3 Å². The largest absolute Gasteiger partial charge is 0.456 e. The number of ketones is 1. The SMILES string of the molecule is Cc1ccc(NC(=O)COC(=O)CCC(=O)c2ccc(Cl)s2)cc1F. The maximum absolute atomic E-state index is 13.4. The number of rotatable bonds is 7. The van der Waals surface area contributed by atoms with Gasteiger partial charge in [0.2, 0.25) is 0 Å². The van der Waals surface area contributed by atoms with E-state index in [4.69, 9.17) is 16.3 Å². The average molecular weight is 384 g/mol. The van der Waals surface area contributed by atoms with Crippen LogP contribution in [0.2, 0.25) is 4.34 Å². The molecule has 132 valence electrons. The van der Waals surface area contributed by atoms with Crippen molar-refractivity contribution in [2.75, 3.05) is 11.9 Å². The van der Waals surface area contributed by atoms with Gasteiger partial charge in [-0.15, -0.1) is 11.3 Å². The van der Waals surface area contributed by atoms with Gasteiger partial charge in [-0.2, -0.15) is 0 Å². The number of nitrogens with one attached hydrogen (secondary N) is 1. The number of ether oxygens (including phenoxy) is 1. The molecule has 1 heterocycles. The van der Waals surface area contributed by atoms with E-state index in [1.807, 2.05) is 0 Å². The fourth-order valence-electron chi connectivity index (χ4n) is 1.89. The second-order valence-corrected chi connectivity index (χ2v) is 6.91. The summed E-state index contributed by atoms with van der Waals surface area (Å²) in [4.78, 5) is 35.6. The standard InChI is InChI=1S/C17H15ClFNO4S/c1-10-2-3-11(8-12(10)19)20-16(22)9-24-17(23)7-4-13(21)14-5-6-15(18)25-14/h2-3,5-6,8H,4,7,9H2,1H3,(H,20,22). The first-order valence-corrected chi connectivity index (χ1v) is 8.55. The third-order valence-electron chi connectivity index (χ3n) is 3.22. The molecule has 0 aliphatic rings. The van der Waals surface area contributed by atoms with Crippen LogP contribution in [0.25, 0.3) is 0 Å². The second-order valence-electron chi connectivity index (χ2n) is 5.20. The maximum Gasteiger partial charge on any atom is 0.306 e. The minimum absolute atomic E-state index is 0.0273.